The number of anilines is 1. The maximum Gasteiger partial charge on any atom is 0.184 e. The third-order valence-corrected chi connectivity index (χ3v) is 3.97. The first kappa shape index (κ1) is 13.7. The average molecular weight is 303 g/mol. The molecule has 5 nitrogen and oxygen atoms in total. The van der Waals surface area contributed by atoms with E-state index in [1.165, 1.54) is 11.1 Å². The van der Waals surface area contributed by atoms with Crippen LogP contribution in [0.2, 0.25) is 0 Å². The maximum absolute atomic E-state index is 4.83. The summed E-state index contributed by atoms with van der Waals surface area (Å²) in [6.07, 6.45) is 0.736. The summed E-state index contributed by atoms with van der Waals surface area (Å²) in [5.41, 5.74) is 5.10. The van der Waals surface area contributed by atoms with Gasteiger partial charge in [0.1, 0.15) is 0 Å². The highest BCUT2D eigenvalue weighted by atomic mass is 15.4. The quantitative estimate of drug-likeness (QED) is 0.631. The molecule has 2 heterocycles. The van der Waals surface area contributed by atoms with Gasteiger partial charge in [-0.1, -0.05) is 42.0 Å². The molecule has 0 aliphatic heterocycles. The lowest BCUT2D eigenvalue weighted by molar-refractivity contribution is 0.784. The van der Waals surface area contributed by atoms with Gasteiger partial charge in [0.15, 0.2) is 11.5 Å². The van der Waals surface area contributed by atoms with Gasteiger partial charge >= 0.3 is 0 Å². The molecule has 114 valence electrons. The lowest BCUT2D eigenvalue weighted by Crippen LogP contribution is -2.08. The Bertz CT molecular complexity index is 986. The van der Waals surface area contributed by atoms with Crippen molar-refractivity contribution in [2.24, 2.45) is 0 Å². The standard InChI is InChI=1S/C18H17N5/c1-12-7-9-13(10-8-12)11-16-17(19-2)22-23-18(20-16)14-5-3-4-6-15(14)21-23/h3-10H,11H2,1-2H3,(H,19,22). The molecule has 0 atom stereocenters. The minimum absolute atomic E-state index is 0.736. The van der Waals surface area contributed by atoms with Crippen molar-refractivity contribution in [3.63, 3.8) is 0 Å². The van der Waals surface area contributed by atoms with E-state index in [1.807, 2.05) is 31.3 Å². The van der Waals surface area contributed by atoms with Gasteiger partial charge < -0.3 is 5.32 Å². The predicted molar refractivity (Wildman–Crippen MR) is 91.8 cm³/mol. The van der Waals surface area contributed by atoms with Gasteiger partial charge in [0, 0.05) is 18.9 Å². The van der Waals surface area contributed by atoms with E-state index >= 15 is 0 Å². The van der Waals surface area contributed by atoms with Crippen LogP contribution < -0.4 is 5.32 Å². The molecular weight excluding hydrogens is 286 g/mol. The van der Waals surface area contributed by atoms with Crippen LogP contribution >= 0.6 is 0 Å². The second-order valence-electron chi connectivity index (χ2n) is 5.65. The van der Waals surface area contributed by atoms with Gasteiger partial charge in [-0.3, -0.25) is 0 Å². The molecule has 0 amide bonds. The Labute approximate surface area is 134 Å². The fourth-order valence-corrected chi connectivity index (χ4v) is 2.73. The normalized spacial score (nSPS) is 11.2. The first-order valence-corrected chi connectivity index (χ1v) is 7.62. The Morgan fingerprint density at radius 2 is 1.78 bits per heavy atom. The number of benzene rings is 2. The van der Waals surface area contributed by atoms with Gasteiger partial charge in [0.2, 0.25) is 0 Å². The summed E-state index contributed by atoms with van der Waals surface area (Å²) in [5.74, 6) is 0.755. The van der Waals surface area contributed by atoms with Crippen LogP contribution in [0.5, 0.6) is 0 Å². The number of nitrogens with zero attached hydrogens (tertiary/aromatic N) is 4. The number of nitrogens with one attached hydrogen (secondary N) is 1. The van der Waals surface area contributed by atoms with Crippen LogP contribution in [0.15, 0.2) is 48.5 Å². The number of rotatable bonds is 3. The highest BCUT2D eigenvalue weighted by Gasteiger charge is 2.12. The van der Waals surface area contributed by atoms with E-state index in [0.29, 0.717) is 0 Å². The molecule has 4 aromatic rings. The van der Waals surface area contributed by atoms with Gasteiger partial charge in [-0.05, 0) is 24.6 Å². The lowest BCUT2D eigenvalue weighted by Gasteiger charge is -2.08. The number of hydrogen-bond acceptors (Lipinski definition) is 4. The SMILES string of the molecule is CNc1nn2nc3ccccc3c2nc1Cc1ccc(C)cc1. The number of aryl methyl sites for hydroxylation is 1. The highest BCUT2D eigenvalue weighted by Crippen LogP contribution is 2.21. The Morgan fingerprint density at radius 3 is 2.57 bits per heavy atom. The molecule has 0 fully saturated rings. The van der Waals surface area contributed by atoms with Gasteiger partial charge in [0.05, 0.1) is 11.2 Å². The van der Waals surface area contributed by atoms with Crippen molar-refractivity contribution < 1.29 is 0 Å². The Hall–Kier alpha value is -2.95. The van der Waals surface area contributed by atoms with Crippen molar-refractivity contribution >= 4 is 22.4 Å². The molecule has 5 heteroatoms. The molecule has 0 aliphatic carbocycles. The zero-order valence-corrected chi connectivity index (χ0v) is 13.1. The molecule has 0 aliphatic rings. The maximum atomic E-state index is 4.83. The summed E-state index contributed by atoms with van der Waals surface area (Å²) in [4.78, 5) is 4.83. The van der Waals surface area contributed by atoms with Crippen LogP contribution in [-0.4, -0.2) is 26.9 Å². The molecule has 0 radical (unpaired) electrons. The van der Waals surface area contributed by atoms with E-state index in [2.05, 4.69) is 46.7 Å². The summed E-state index contributed by atoms with van der Waals surface area (Å²) < 4.78 is 1.61. The Morgan fingerprint density at radius 1 is 1.00 bits per heavy atom. The van der Waals surface area contributed by atoms with Crippen LogP contribution in [0.25, 0.3) is 16.6 Å². The minimum atomic E-state index is 0.736. The zero-order valence-electron chi connectivity index (χ0n) is 13.1. The summed E-state index contributed by atoms with van der Waals surface area (Å²) in [7, 11) is 1.86. The summed E-state index contributed by atoms with van der Waals surface area (Å²) >= 11 is 0. The van der Waals surface area contributed by atoms with Crippen molar-refractivity contribution in [3.05, 3.63) is 65.4 Å². The number of hydrogen-bond donors (Lipinski definition) is 1. The summed E-state index contributed by atoms with van der Waals surface area (Å²) in [6.45, 7) is 2.09. The number of aromatic nitrogens is 4. The van der Waals surface area contributed by atoms with Crippen LogP contribution in [-0.2, 0) is 6.42 Å². The first-order chi connectivity index (χ1) is 11.2. The Balaban J connectivity index is 1.86. The smallest absolute Gasteiger partial charge is 0.184 e. The molecule has 0 saturated carbocycles. The molecule has 0 spiro atoms. The van der Waals surface area contributed by atoms with E-state index in [9.17, 15) is 0 Å². The highest BCUT2D eigenvalue weighted by molar-refractivity contribution is 5.91. The van der Waals surface area contributed by atoms with Crippen molar-refractivity contribution in [1.82, 2.24) is 19.8 Å². The fourth-order valence-electron chi connectivity index (χ4n) is 2.73. The molecule has 1 N–H and O–H groups in total. The first-order valence-electron chi connectivity index (χ1n) is 7.62. The molecule has 4 rings (SSSR count). The molecule has 0 saturated heterocycles. The Kier molecular flexibility index (Phi) is 3.19. The second kappa shape index (κ2) is 5.35. The van der Waals surface area contributed by atoms with Crippen LogP contribution in [0.3, 0.4) is 0 Å². The van der Waals surface area contributed by atoms with Crippen LogP contribution in [0.4, 0.5) is 5.82 Å². The fraction of sp³-hybridized carbons (Fsp3) is 0.167. The van der Waals surface area contributed by atoms with Gasteiger partial charge in [-0.2, -0.15) is 0 Å². The largest absolute Gasteiger partial charge is 0.370 e. The summed E-state index contributed by atoms with van der Waals surface area (Å²) in [5, 5.41) is 13.2. The molecule has 0 unspecified atom stereocenters. The minimum Gasteiger partial charge on any atom is -0.370 e. The van der Waals surface area contributed by atoms with Crippen molar-refractivity contribution in [1.29, 1.82) is 0 Å². The molecule has 2 aromatic carbocycles. The zero-order chi connectivity index (χ0) is 15.8. The molecule has 0 bridgehead atoms. The summed E-state index contributed by atoms with van der Waals surface area (Å²) in [6, 6.07) is 16.5. The van der Waals surface area contributed by atoms with Crippen molar-refractivity contribution in [2.45, 2.75) is 13.3 Å². The van der Waals surface area contributed by atoms with Crippen LogP contribution in [0, 0.1) is 6.92 Å². The van der Waals surface area contributed by atoms with Crippen LogP contribution in [0.1, 0.15) is 16.8 Å². The average Bonchev–Trinajstić information content (AvgIpc) is 2.94. The predicted octanol–water partition coefficient (Wildman–Crippen LogP) is 3.22. The molecular formula is C18H17N5. The lowest BCUT2D eigenvalue weighted by atomic mass is 10.1. The van der Waals surface area contributed by atoms with E-state index in [-0.39, 0.29) is 0 Å². The van der Waals surface area contributed by atoms with E-state index in [1.54, 1.807) is 4.63 Å². The van der Waals surface area contributed by atoms with E-state index in [4.69, 9.17) is 4.98 Å². The van der Waals surface area contributed by atoms with Crippen molar-refractivity contribution in [2.75, 3.05) is 12.4 Å². The number of fused-ring (bicyclic) bond motifs is 3. The van der Waals surface area contributed by atoms with Gasteiger partial charge in [-0.25, -0.2) is 4.98 Å². The second-order valence-corrected chi connectivity index (χ2v) is 5.65. The van der Waals surface area contributed by atoms with Gasteiger partial charge in [-0.15, -0.1) is 14.8 Å². The monoisotopic (exact) mass is 303 g/mol. The van der Waals surface area contributed by atoms with E-state index in [0.717, 1.165) is 34.5 Å². The topological polar surface area (TPSA) is 55.1 Å². The molecule has 2 aromatic heterocycles. The van der Waals surface area contributed by atoms with E-state index < -0.39 is 0 Å². The third-order valence-electron chi connectivity index (χ3n) is 3.97. The van der Waals surface area contributed by atoms with Gasteiger partial charge in [0.25, 0.3) is 0 Å². The third kappa shape index (κ3) is 2.40. The van der Waals surface area contributed by atoms with Crippen molar-refractivity contribution in [3.8, 4) is 0 Å². The molecule has 23 heavy (non-hydrogen) atoms.